The topological polar surface area (TPSA) is 103 Å². The van der Waals surface area contributed by atoms with Crippen molar-refractivity contribution >= 4 is 29.3 Å². The molecular formula is C15H16N8O. The fraction of sp³-hybridized carbons (Fsp3) is 0.333. The average Bonchev–Trinajstić information content (AvgIpc) is 2.99. The Bertz CT molecular complexity index is 925. The number of fused-ring (bicyclic) bond motifs is 1. The van der Waals surface area contributed by atoms with Crippen LogP contribution in [0.1, 0.15) is 30.9 Å². The van der Waals surface area contributed by atoms with Crippen molar-refractivity contribution < 1.29 is 4.79 Å². The second-order valence-corrected chi connectivity index (χ2v) is 6.13. The predicted molar refractivity (Wildman–Crippen MR) is 86.9 cm³/mol. The first kappa shape index (κ1) is 13.3. The van der Waals surface area contributed by atoms with Crippen molar-refractivity contribution in [1.82, 2.24) is 30.0 Å². The fourth-order valence-electron chi connectivity index (χ4n) is 2.86. The highest BCUT2D eigenvalue weighted by atomic mass is 16.2. The lowest BCUT2D eigenvalue weighted by atomic mass is 10.3. The number of carbonyl (C=O) groups excluding carboxylic acids is 1. The number of anilines is 3. The zero-order valence-corrected chi connectivity index (χ0v) is 12.9. The van der Waals surface area contributed by atoms with Crippen LogP contribution >= 0.6 is 0 Å². The van der Waals surface area contributed by atoms with Crippen LogP contribution < -0.4 is 15.8 Å². The molecule has 24 heavy (non-hydrogen) atoms. The molecule has 1 saturated heterocycles. The minimum atomic E-state index is -0.0222. The number of hydrogen-bond donors (Lipinski definition) is 3. The molecule has 0 radical (unpaired) electrons. The molecule has 122 valence electrons. The number of hydrogen-bond acceptors (Lipinski definition) is 6. The Morgan fingerprint density at radius 1 is 1.29 bits per heavy atom. The number of carbonyl (C=O) groups is 1. The highest BCUT2D eigenvalue weighted by Gasteiger charge is 2.26. The van der Waals surface area contributed by atoms with Gasteiger partial charge in [-0.25, -0.2) is 0 Å². The Balaban J connectivity index is 1.50. The Hall–Kier alpha value is -3.10. The molecule has 1 amide bonds. The maximum absolute atomic E-state index is 11.4. The summed E-state index contributed by atoms with van der Waals surface area (Å²) < 4.78 is 1.86. The number of aromatic amines is 1. The molecule has 2 fully saturated rings. The van der Waals surface area contributed by atoms with Gasteiger partial charge < -0.3 is 5.32 Å². The van der Waals surface area contributed by atoms with Crippen LogP contribution in [-0.2, 0) is 4.79 Å². The first-order chi connectivity index (χ1) is 11.8. The summed E-state index contributed by atoms with van der Waals surface area (Å²) in [6.45, 7) is 0.561. The zero-order chi connectivity index (χ0) is 16.1. The van der Waals surface area contributed by atoms with Crippen LogP contribution in [0.5, 0.6) is 0 Å². The quantitative estimate of drug-likeness (QED) is 0.669. The van der Waals surface area contributed by atoms with Crippen molar-refractivity contribution in [3.63, 3.8) is 0 Å². The molecule has 4 heterocycles. The van der Waals surface area contributed by atoms with Gasteiger partial charge in [0.25, 0.3) is 0 Å². The summed E-state index contributed by atoms with van der Waals surface area (Å²) in [6, 6.07) is 5.83. The molecule has 0 atom stereocenters. The number of H-pyrrole nitrogens is 1. The fourth-order valence-corrected chi connectivity index (χ4v) is 2.86. The van der Waals surface area contributed by atoms with Gasteiger partial charge in [0, 0.05) is 24.6 Å². The van der Waals surface area contributed by atoms with Gasteiger partial charge in [-0.05, 0) is 25.0 Å². The summed E-state index contributed by atoms with van der Waals surface area (Å²) in [7, 11) is 0. The molecule has 9 nitrogen and oxygen atoms in total. The molecule has 3 aromatic rings. The summed E-state index contributed by atoms with van der Waals surface area (Å²) in [5.74, 6) is 2.45. The van der Waals surface area contributed by atoms with E-state index in [4.69, 9.17) is 0 Å². The minimum Gasteiger partial charge on any atom is -0.310 e. The number of hydrazine groups is 1. The second-order valence-electron chi connectivity index (χ2n) is 6.13. The molecule has 9 heteroatoms. The molecule has 1 aliphatic heterocycles. The highest BCUT2D eigenvalue weighted by Crippen LogP contribution is 2.39. The lowest BCUT2D eigenvalue weighted by Crippen LogP contribution is -2.34. The van der Waals surface area contributed by atoms with Crippen molar-refractivity contribution in [1.29, 1.82) is 0 Å². The van der Waals surface area contributed by atoms with E-state index in [1.165, 1.54) is 12.8 Å². The maximum Gasteiger partial charge on any atom is 0.249 e. The number of nitrogens with one attached hydrogen (secondary N) is 3. The second kappa shape index (κ2) is 4.95. The van der Waals surface area contributed by atoms with Gasteiger partial charge in [-0.15, -0.1) is 0 Å². The van der Waals surface area contributed by atoms with E-state index in [2.05, 4.69) is 30.9 Å². The number of aromatic nitrogens is 5. The lowest BCUT2D eigenvalue weighted by Gasteiger charge is -2.16. The van der Waals surface area contributed by atoms with Gasteiger partial charge in [0.15, 0.2) is 0 Å². The van der Waals surface area contributed by atoms with Crippen molar-refractivity contribution in [2.45, 2.75) is 25.2 Å². The summed E-state index contributed by atoms with van der Waals surface area (Å²) in [6.07, 6.45) is 4.75. The third-order valence-corrected chi connectivity index (χ3v) is 4.28. The van der Waals surface area contributed by atoms with Crippen LogP contribution in [0.15, 0.2) is 24.4 Å². The van der Waals surface area contributed by atoms with E-state index in [0.717, 1.165) is 17.2 Å². The van der Waals surface area contributed by atoms with Crippen LogP contribution in [-0.4, -0.2) is 37.0 Å². The van der Waals surface area contributed by atoms with Crippen molar-refractivity contribution in [2.24, 2.45) is 0 Å². The maximum atomic E-state index is 11.4. The molecule has 0 bridgehead atoms. The molecule has 3 N–H and O–H groups in total. The molecule has 2 aliphatic rings. The van der Waals surface area contributed by atoms with E-state index >= 15 is 0 Å². The Morgan fingerprint density at radius 3 is 3.00 bits per heavy atom. The molecule has 3 aromatic heterocycles. The number of amides is 1. The Kier molecular flexibility index (Phi) is 2.75. The normalized spacial score (nSPS) is 17.5. The first-order valence-corrected chi connectivity index (χ1v) is 8.01. The smallest absolute Gasteiger partial charge is 0.249 e. The molecule has 0 spiro atoms. The predicted octanol–water partition coefficient (Wildman–Crippen LogP) is 1.31. The monoisotopic (exact) mass is 324 g/mol. The first-order valence-electron chi connectivity index (χ1n) is 8.01. The van der Waals surface area contributed by atoms with Gasteiger partial charge in [-0.3, -0.25) is 24.7 Å². The van der Waals surface area contributed by atoms with Crippen LogP contribution in [0.2, 0.25) is 0 Å². The van der Waals surface area contributed by atoms with Crippen LogP contribution in [0.25, 0.3) is 5.65 Å². The summed E-state index contributed by atoms with van der Waals surface area (Å²) in [5, 5.41) is 12.3. The van der Waals surface area contributed by atoms with E-state index in [9.17, 15) is 4.79 Å². The molecule has 5 rings (SSSR count). The summed E-state index contributed by atoms with van der Waals surface area (Å²) >= 11 is 0. The minimum absolute atomic E-state index is 0.0222. The van der Waals surface area contributed by atoms with Crippen LogP contribution in [0, 0.1) is 0 Å². The number of nitrogens with zero attached hydrogens (tertiary/aromatic N) is 5. The Labute approximate surface area is 137 Å². The van der Waals surface area contributed by atoms with Gasteiger partial charge >= 0.3 is 0 Å². The molecule has 0 aromatic carbocycles. The summed E-state index contributed by atoms with van der Waals surface area (Å²) in [5.41, 5.74) is 4.60. The zero-order valence-electron chi connectivity index (χ0n) is 12.9. The van der Waals surface area contributed by atoms with Gasteiger partial charge in [-0.2, -0.15) is 15.1 Å². The van der Waals surface area contributed by atoms with Crippen molar-refractivity contribution in [2.75, 3.05) is 16.9 Å². The largest absolute Gasteiger partial charge is 0.310 e. The van der Waals surface area contributed by atoms with E-state index < -0.39 is 0 Å². The molecular weight excluding hydrogens is 308 g/mol. The van der Waals surface area contributed by atoms with Crippen LogP contribution in [0.3, 0.4) is 0 Å². The lowest BCUT2D eigenvalue weighted by molar-refractivity contribution is -0.119. The van der Waals surface area contributed by atoms with E-state index in [1.807, 2.05) is 28.8 Å². The SMILES string of the molecule is O=C1CCN(c2nc(Nc3cc(C4CC4)n[nH]3)n3cccc3n2)N1. The molecule has 1 saturated carbocycles. The summed E-state index contributed by atoms with van der Waals surface area (Å²) in [4.78, 5) is 20.5. The third kappa shape index (κ3) is 2.25. The van der Waals surface area contributed by atoms with Gasteiger partial charge in [-0.1, -0.05) is 0 Å². The van der Waals surface area contributed by atoms with Crippen LogP contribution in [0.4, 0.5) is 17.7 Å². The van der Waals surface area contributed by atoms with Gasteiger partial charge in [0.1, 0.15) is 11.5 Å². The molecule has 1 aliphatic carbocycles. The van der Waals surface area contributed by atoms with Crippen molar-refractivity contribution in [3.05, 3.63) is 30.1 Å². The van der Waals surface area contributed by atoms with Gasteiger partial charge in [0.05, 0.1) is 12.2 Å². The number of rotatable bonds is 4. The Morgan fingerprint density at radius 2 is 2.21 bits per heavy atom. The van der Waals surface area contributed by atoms with E-state index in [0.29, 0.717) is 30.8 Å². The standard InChI is InChI=1S/C15H16N8O/c24-13-5-7-23(21-13)15-17-12-2-1-6-22(12)14(18-15)16-11-8-10(19-20-11)9-3-4-9/h1-2,6,8-9H,3-5,7H2,(H,21,24)(H2,16,17,18,19,20). The van der Waals surface area contributed by atoms with Crippen molar-refractivity contribution in [3.8, 4) is 0 Å². The van der Waals surface area contributed by atoms with E-state index in [-0.39, 0.29) is 5.91 Å². The highest BCUT2D eigenvalue weighted by molar-refractivity contribution is 5.81. The van der Waals surface area contributed by atoms with Gasteiger partial charge in [0.2, 0.25) is 17.8 Å². The third-order valence-electron chi connectivity index (χ3n) is 4.28. The average molecular weight is 324 g/mol. The van der Waals surface area contributed by atoms with E-state index in [1.54, 1.807) is 5.01 Å². The molecule has 0 unspecified atom stereocenters.